The van der Waals surface area contributed by atoms with Crippen LogP contribution in [0, 0.1) is 0 Å². The zero-order valence-electron chi connectivity index (χ0n) is 12.2. The van der Waals surface area contributed by atoms with Crippen LogP contribution in [0.15, 0.2) is 58.0 Å². The van der Waals surface area contributed by atoms with Gasteiger partial charge in [0.25, 0.3) is 5.91 Å². The number of rotatable bonds is 7. The molecule has 1 N–H and O–H groups in total. The number of thioether (sulfide) groups is 1. The van der Waals surface area contributed by atoms with Gasteiger partial charge in [0.05, 0.1) is 18.6 Å². The number of hydrogen-bond acceptors (Lipinski definition) is 5. The van der Waals surface area contributed by atoms with Crippen molar-refractivity contribution in [3.8, 4) is 0 Å². The normalized spacial score (nSPS) is 11.7. The van der Waals surface area contributed by atoms with Crippen LogP contribution in [0.4, 0.5) is 0 Å². The second kappa shape index (κ2) is 8.29. The topological polar surface area (TPSA) is 68.5 Å². The lowest BCUT2D eigenvalue weighted by molar-refractivity contribution is -0.152. The number of nitrogens with one attached hydrogen (secondary N) is 1. The number of amides is 1. The zero-order chi connectivity index (χ0) is 15.8. The highest BCUT2D eigenvalue weighted by Gasteiger charge is 2.17. The lowest BCUT2D eigenvalue weighted by atomic mass is 10.3. The number of esters is 1. The second-order valence-electron chi connectivity index (χ2n) is 4.53. The molecule has 0 unspecified atom stereocenters. The van der Waals surface area contributed by atoms with Gasteiger partial charge < -0.3 is 14.5 Å². The molecule has 1 aromatic carbocycles. The molecule has 1 heterocycles. The van der Waals surface area contributed by atoms with E-state index in [4.69, 9.17) is 9.15 Å². The summed E-state index contributed by atoms with van der Waals surface area (Å²) in [5, 5.41) is 2.65. The molecule has 0 spiro atoms. The summed E-state index contributed by atoms with van der Waals surface area (Å²) in [6.07, 6.45) is 0.699. The van der Waals surface area contributed by atoms with E-state index in [0.717, 1.165) is 4.90 Å². The van der Waals surface area contributed by atoms with E-state index < -0.39 is 12.1 Å². The molecule has 1 amide bonds. The molecular formula is C16H17NO4S. The lowest BCUT2D eigenvalue weighted by Crippen LogP contribution is -2.35. The van der Waals surface area contributed by atoms with E-state index in [1.807, 2.05) is 30.3 Å². The Morgan fingerprint density at radius 2 is 2.00 bits per heavy atom. The van der Waals surface area contributed by atoms with Gasteiger partial charge in [0.1, 0.15) is 5.76 Å². The Balaban J connectivity index is 1.70. The number of benzene rings is 1. The summed E-state index contributed by atoms with van der Waals surface area (Å²) in [5.74, 6) is 0.0373. The van der Waals surface area contributed by atoms with Crippen LogP contribution in [0.25, 0.3) is 0 Å². The fraction of sp³-hybridized carbons (Fsp3) is 0.250. The van der Waals surface area contributed by atoms with Crippen LogP contribution < -0.4 is 5.32 Å². The summed E-state index contributed by atoms with van der Waals surface area (Å²) in [7, 11) is 0. The summed E-state index contributed by atoms with van der Waals surface area (Å²) < 4.78 is 10.2. The monoisotopic (exact) mass is 319 g/mol. The Morgan fingerprint density at radius 3 is 2.68 bits per heavy atom. The van der Waals surface area contributed by atoms with Gasteiger partial charge in [-0.05, 0) is 31.2 Å². The van der Waals surface area contributed by atoms with Crippen LogP contribution >= 0.6 is 11.8 Å². The van der Waals surface area contributed by atoms with Gasteiger partial charge in [-0.1, -0.05) is 18.2 Å². The molecule has 1 aromatic heterocycles. The maximum absolute atomic E-state index is 11.8. The molecule has 0 bridgehead atoms. The highest BCUT2D eigenvalue weighted by Crippen LogP contribution is 2.17. The summed E-state index contributed by atoms with van der Waals surface area (Å²) in [4.78, 5) is 24.5. The summed E-state index contributed by atoms with van der Waals surface area (Å²) in [6.45, 7) is 1.81. The predicted octanol–water partition coefficient (Wildman–Crippen LogP) is 2.62. The van der Waals surface area contributed by atoms with Gasteiger partial charge in [-0.2, -0.15) is 0 Å². The number of ether oxygens (including phenoxy) is 1. The third kappa shape index (κ3) is 5.29. The van der Waals surface area contributed by atoms with Crippen molar-refractivity contribution in [2.75, 3.05) is 5.75 Å². The van der Waals surface area contributed by atoms with Crippen LogP contribution in [0.2, 0.25) is 0 Å². The molecule has 2 aromatic rings. The van der Waals surface area contributed by atoms with Gasteiger partial charge >= 0.3 is 5.97 Å². The maximum atomic E-state index is 11.8. The van der Waals surface area contributed by atoms with Gasteiger partial charge in [0.2, 0.25) is 0 Å². The predicted molar refractivity (Wildman–Crippen MR) is 83.3 cm³/mol. The number of carbonyl (C=O) groups excluding carboxylic acids is 2. The first-order chi connectivity index (χ1) is 10.6. The molecule has 0 radical (unpaired) electrons. The molecule has 0 fully saturated rings. The highest BCUT2D eigenvalue weighted by atomic mass is 32.2. The van der Waals surface area contributed by atoms with Crippen LogP contribution in [-0.4, -0.2) is 23.7 Å². The Kier molecular flexibility index (Phi) is 6.09. The molecule has 6 heteroatoms. The van der Waals surface area contributed by atoms with E-state index in [9.17, 15) is 9.59 Å². The minimum Gasteiger partial charge on any atom is -0.467 e. The first-order valence-corrected chi connectivity index (χ1v) is 7.81. The first kappa shape index (κ1) is 16.2. The Hall–Kier alpha value is -2.21. The summed E-state index contributed by atoms with van der Waals surface area (Å²) in [5.41, 5.74) is 0. The highest BCUT2D eigenvalue weighted by molar-refractivity contribution is 8.00. The van der Waals surface area contributed by atoms with E-state index in [2.05, 4.69) is 5.32 Å². The molecule has 0 saturated carbocycles. The third-order valence-corrected chi connectivity index (χ3v) is 3.78. The molecular weight excluding hydrogens is 302 g/mol. The Morgan fingerprint density at radius 1 is 1.23 bits per heavy atom. The van der Waals surface area contributed by atoms with Crippen molar-refractivity contribution >= 4 is 23.6 Å². The number of carbonyl (C=O) groups is 2. The molecule has 0 aliphatic carbocycles. The van der Waals surface area contributed by atoms with Crippen molar-refractivity contribution in [2.24, 2.45) is 0 Å². The van der Waals surface area contributed by atoms with Crippen molar-refractivity contribution in [3.63, 3.8) is 0 Å². The van der Waals surface area contributed by atoms with E-state index in [1.165, 1.54) is 18.0 Å². The van der Waals surface area contributed by atoms with E-state index in [0.29, 0.717) is 5.76 Å². The SMILES string of the molecule is C[C@H](OC(=O)CSc1ccccc1)C(=O)NCc1ccco1. The third-order valence-electron chi connectivity index (χ3n) is 2.79. The lowest BCUT2D eigenvalue weighted by Gasteiger charge is -2.12. The molecule has 0 aliphatic heterocycles. The van der Waals surface area contributed by atoms with Crippen molar-refractivity contribution in [1.29, 1.82) is 0 Å². The fourth-order valence-electron chi connectivity index (χ4n) is 1.67. The standard InChI is InChI=1S/C16H17NO4S/c1-12(16(19)17-10-13-6-5-9-20-13)21-15(18)11-22-14-7-3-2-4-8-14/h2-9,12H,10-11H2,1H3,(H,17,19)/t12-/m0/s1. The van der Waals surface area contributed by atoms with Crippen LogP contribution in [0.3, 0.4) is 0 Å². The quantitative estimate of drug-likeness (QED) is 0.627. The minimum absolute atomic E-state index is 0.166. The molecule has 5 nitrogen and oxygen atoms in total. The number of hydrogen-bond donors (Lipinski definition) is 1. The molecule has 2 rings (SSSR count). The van der Waals surface area contributed by atoms with Crippen LogP contribution in [0.5, 0.6) is 0 Å². The molecule has 0 saturated heterocycles. The smallest absolute Gasteiger partial charge is 0.317 e. The second-order valence-corrected chi connectivity index (χ2v) is 5.58. The first-order valence-electron chi connectivity index (χ1n) is 6.82. The molecule has 0 aliphatic rings. The fourth-order valence-corrected chi connectivity index (χ4v) is 2.38. The van der Waals surface area contributed by atoms with Crippen molar-refractivity contribution < 1.29 is 18.7 Å². The van der Waals surface area contributed by atoms with Gasteiger partial charge in [0.15, 0.2) is 6.10 Å². The van der Waals surface area contributed by atoms with E-state index >= 15 is 0 Å². The van der Waals surface area contributed by atoms with Crippen molar-refractivity contribution in [3.05, 3.63) is 54.5 Å². The van der Waals surface area contributed by atoms with Crippen LogP contribution in [0.1, 0.15) is 12.7 Å². The summed E-state index contributed by atoms with van der Waals surface area (Å²) >= 11 is 1.37. The van der Waals surface area contributed by atoms with E-state index in [1.54, 1.807) is 19.1 Å². The van der Waals surface area contributed by atoms with Gasteiger partial charge in [-0.15, -0.1) is 11.8 Å². The van der Waals surface area contributed by atoms with Crippen molar-refractivity contribution in [1.82, 2.24) is 5.32 Å². The van der Waals surface area contributed by atoms with Crippen molar-refractivity contribution in [2.45, 2.75) is 24.5 Å². The zero-order valence-corrected chi connectivity index (χ0v) is 13.0. The van der Waals surface area contributed by atoms with Gasteiger partial charge in [0, 0.05) is 4.90 Å². The molecule has 1 atom stereocenters. The average molecular weight is 319 g/mol. The Labute approximate surface area is 133 Å². The van der Waals surface area contributed by atoms with Gasteiger partial charge in [-0.25, -0.2) is 0 Å². The maximum Gasteiger partial charge on any atom is 0.317 e. The Bertz CT molecular complexity index is 598. The minimum atomic E-state index is -0.834. The molecule has 116 valence electrons. The molecule has 22 heavy (non-hydrogen) atoms. The average Bonchev–Trinajstić information content (AvgIpc) is 3.05. The van der Waals surface area contributed by atoms with Gasteiger partial charge in [-0.3, -0.25) is 9.59 Å². The summed E-state index contributed by atoms with van der Waals surface area (Å²) in [6, 6.07) is 13.0. The van der Waals surface area contributed by atoms with E-state index in [-0.39, 0.29) is 18.2 Å². The van der Waals surface area contributed by atoms with Crippen LogP contribution in [-0.2, 0) is 20.9 Å². The largest absolute Gasteiger partial charge is 0.467 e. The number of furan rings is 1.